The first-order valence-corrected chi connectivity index (χ1v) is 6.82. The molecule has 0 bridgehead atoms. The monoisotopic (exact) mass is 237 g/mol. The fraction of sp³-hybridized carbons (Fsp3) is 1.00. The summed E-state index contributed by atoms with van der Waals surface area (Å²) < 4.78 is 25.8. The van der Waals surface area contributed by atoms with Crippen molar-refractivity contribution in [2.45, 2.75) is 25.0 Å². The van der Waals surface area contributed by atoms with Crippen molar-refractivity contribution in [1.29, 1.82) is 0 Å². The number of nitrogens with zero attached hydrogens (tertiary/aromatic N) is 1. The third kappa shape index (κ3) is 6.09. The second kappa shape index (κ2) is 7.16. The molecule has 0 aliphatic carbocycles. The first-order chi connectivity index (χ1) is 6.94. The number of nitrogens with one attached hydrogen (secondary N) is 1. The Bertz CT molecular complexity index is 248. The van der Waals surface area contributed by atoms with E-state index in [1.165, 1.54) is 0 Å². The van der Waals surface area contributed by atoms with Crippen molar-refractivity contribution < 1.29 is 8.42 Å². The van der Waals surface area contributed by atoms with Crippen molar-refractivity contribution in [2.24, 2.45) is 5.73 Å². The van der Waals surface area contributed by atoms with E-state index in [4.69, 9.17) is 5.73 Å². The van der Waals surface area contributed by atoms with Crippen LogP contribution in [0.25, 0.3) is 0 Å². The molecule has 0 heterocycles. The smallest absolute Gasteiger partial charge is 0.215 e. The molecule has 0 aromatic carbocycles. The van der Waals surface area contributed by atoms with E-state index in [-0.39, 0.29) is 6.54 Å². The van der Waals surface area contributed by atoms with Crippen LogP contribution in [-0.4, -0.2) is 52.3 Å². The van der Waals surface area contributed by atoms with Gasteiger partial charge in [0.2, 0.25) is 10.0 Å². The maximum Gasteiger partial charge on any atom is 0.215 e. The van der Waals surface area contributed by atoms with E-state index in [1.54, 1.807) is 0 Å². The van der Waals surface area contributed by atoms with Crippen LogP contribution in [0.15, 0.2) is 0 Å². The number of sulfonamides is 1. The summed E-state index contributed by atoms with van der Waals surface area (Å²) in [5.41, 5.74) is 5.39. The summed E-state index contributed by atoms with van der Waals surface area (Å²) in [4.78, 5) is 2.02. The molecule has 0 aromatic rings. The molecule has 92 valence electrons. The van der Waals surface area contributed by atoms with Gasteiger partial charge in [-0.15, -0.1) is 0 Å². The highest BCUT2D eigenvalue weighted by atomic mass is 32.2. The molecule has 0 radical (unpaired) electrons. The number of rotatable bonds is 8. The molecule has 0 aliphatic heterocycles. The van der Waals surface area contributed by atoms with Crippen LogP contribution in [0.1, 0.15) is 19.8 Å². The number of hydrogen-bond acceptors (Lipinski definition) is 4. The molecule has 1 unspecified atom stereocenters. The zero-order chi connectivity index (χ0) is 11.9. The van der Waals surface area contributed by atoms with Crippen LogP contribution in [0.4, 0.5) is 0 Å². The number of nitrogens with two attached hydrogens (primary N) is 1. The first-order valence-electron chi connectivity index (χ1n) is 5.27. The van der Waals surface area contributed by atoms with Crippen LogP contribution in [0, 0.1) is 0 Å². The van der Waals surface area contributed by atoms with Gasteiger partial charge in [0, 0.05) is 13.1 Å². The van der Waals surface area contributed by atoms with E-state index in [0.717, 1.165) is 13.0 Å². The third-order valence-electron chi connectivity index (χ3n) is 2.24. The predicted octanol–water partition coefficient (Wildman–Crippen LogP) is -0.405. The van der Waals surface area contributed by atoms with Gasteiger partial charge in [0.05, 0.1) is 5.25 Å². The van der Waals surface area contributed by atoms with Gasteiger partial charge in [0.15, 0.2) is 0 Å². The molecule has 0 fully saturated rings. The van der Waals surface area contributed by atoms with E-state index >= 15 is 0 Å². The molecule has 5 nitrogen and oxygen atoms in total. The molecular weight excluding hydrogens is 214 g/mol. The average molecular weight is 237 g/mol. The van der Waals surface area contributed by atoms with Gasteiger partial charge in [-0.05, 0) is 33.5 Å². The molecule has 6 heteroatoms. The van der Waals surface area contributed by atoms with Crippen molar-refractivity contribution >= 4 is 10.0 Å². The fourth-order valence-corrected chi connectivity index (χ4v) is 2.60. The molecule has 1 atom stereocenters. The van der Waals surface area contributed by atoms with Crippen LogP contribution < -0.4 is 10.5 Å². The summed E-state index contributed by atoms with van der Waals surface area (Å²) in [6.45, 7) is 3.37. The molecule has 3 N–H and O–H groups in total. The molecule has 0 rings (SSSR count). The van der Waals surface area contributed by atoms with Crippen molar-refractivity contribution in [3.05, 3.63) is 0 Å². The van der Waals surface area contributed by atoms with E-state index in [1.807, 2.05) is 25.9 Å². The summed E-state index contributed by atoms with van der Waals surface area (Å²) in [5, 5.41) is -0.461. The van der Waals surface area contributed by atoms with Gasteiger partial charge in [0.1, 0.15) is 0 Å². The highest BCUT2D eigenvalue weighted by Gasteiger charge is 2.20. The molecule has 0 aromatic heterocycles. The van der Waals surface area contributed by atoms with E-state index in [2.05, 4.69) is 4.72 Å². The van der Waals surface area contributed by atoms with E-state index < -0.39 is 15.3 Å². The second-order valence-electron chi connectivity index (χ2n) is 3.86. The summed E-state index contributed by atoms with van der Waals surface area (Å²) in [5.74, 6) is 0. The molecule has 0 aliphatic rings. The Labute approximate surface area is 93.1 Å². The topological polar surface area (TPSA) is 75.4 Å². The van der Waals surface area contributed by atoms with Crippen LogP contribution in [0.2, 0.25) is 0 Å². The Hall–Kier alpha value is -0.170. The minimum atomic E-state index is -3.21. The van der Waals surface area contributed by atoms with Gasteiger partial charge >= 0.3 is 0 Å². The maximum atomic E-state index is 11.6. The largest absolute Gasteiger partial charge is 0.329 e. The van der Waals surface area contributed by atoms with Crippen molar-refractivity contribution in [2.75, 3.05) is 33.7 Å². The van der Waals surface area contributed by atoms with Gasteiger partial charge in [0.25, 0.3) is 0 Å². The van der Waals surface area contributed by atoms with Gasteiger partial charge in [-0.25, -0.2) is 13.1 Å². The molecule has 0 saturated carbocycles. The lowest BCUT2D eigenvalue weighted by Crippen LogP contribution is -2.39. The van der Waals surface area contributed by atoms with Gasteiger partial charge in [-0.3, -0.25) is 0 Å². The van der Waals surface area contributed by atoms with E-state index in [9.17, 15) is 8.42 Å². The molecular formula is C9H23N3O2S. The molecule has 15 heavy (non-hydrogen) atoms. The molecule has 0 spiro atoms. The molecule has 0 amide bonds. The summed E-state index contributed by atoms with van der Waals surface area (Å²) in [7, 11) is 0.709. The van der Waals surface area contributed by atoms with Crippen LogP contribution in [0.3, 0.4) is 0 Å². The SMILES string of the molecule is CCC(CN)S(=O)(=O)NCCCN(C)C. The minimum absolute atomic E-state index is 0.180. The van der Waals surface area contributed by atoms with Crippen molar-refractivity contribution in [3.8, 4) is 0 Å². The Balaban J connectivity index is 3.94. The van der Waals surface area contributed by atoms with Gasteiger partial charge in [-0.1, -0.05) is 6.92 Å². The first kappa shape index (κ1) is 14.8. The zero-order valence-corrected chi connectivity index (χ0v) is 10.7. The minimum Gasteiger partial charge on any atom is -0.329 e. The van der Waals surface area contributed by atoms with Crippen LogP contribution in [0.5, 0.6) is 0 Å². The second-order valence-corrected chi connectivity index (χ2v) is 5.91. The summed E-state index contributed by atoms with van der Waals surface area (Å²) in [6.07, 6.45) is 1.37. The van der Waals surface area contributed by atoms with Gasteiger partial charge < -0.3 is 10.6 Å². The van der Waals surface area contributed by atoms with Crippen molar-refractivity contribution in [1.82, 2.24) is 9.62 Å². The Kier molecular flexibility index (Phi) is 7.08. The Morgan fingerprint density at radius 3 is 2.40 bits per heavy atom. The standard InChI is InChI=1S/C9H23N3O2S/c1-4-9(8-10)15(13,14)11-6-5-7-12(2)3/h9,11H,4-8,10H2,1-3H3. The lowest BCUT2D eigenvalue weighted by molar-refractivity contribution is 0.399. The predicted molar refractivity (Wildman–Crippen MR) is 63.2 cm³/mol. The summed E-state index contributed by atoms with van der Waals surface area (Å²) in [6, 6.07) is 0. The highest BCUT2D eigenvalue weighted by Crippen LogP contribution is 2.01. The summed E-state index contributed by atoms with van der Waals surface area (Å²) >= 11 is 0. The van der Waals surface area contributed by atoms with Gasteiger partial charge in [-0.2, -0.15) is 0 Å². The quantitative estimate of drug-likeness (QED) is 0.563. The average Bonchev–Trinajstić information content (AvgIpc) is 2.14. The fourth-order valence-electron chi connectivity index (χ4n) is 1.24. The Morgan fingerprint density at radius 1 is 1.40 bits per heavy atom. The van der Waals surface area contributed by atoms with E-state index in [0.29, 0.717) is 13.0 Å². The third-order valence-corrected chi connectivity index (χ3v) is 4.25. The maximum absolute atomic E-state index is 11.6. The number of hydrogen-bond donors (Lipinski definition) is 2. The van der Waals surface area contributed by atoms with Crippen LogP contribution in [-0.2, 0) is 10.0 Å². The van der Waals surface area contributed by atoms with Crippen LogP contribution >= 0.6 is 0 Å². The normalized spacial score (nSPS) is 14.5. The zero-order valence-electron chi connectivity index (χ0n) is 9.86. The highest BCUT2D eigenvalue weighted by molar-refractivity contribution is 7.90. The Morgan fingerprint density at radius 2 is 2.00 bits per heavy atom. The molecule has 0 saturated heterocycles. The lowest BCUT2D eigenvalue weighted by atomic mass is 10.3. The van der Waals surface area contributed by atoms with Crippen molar-refractivity contribution in [3.63, 3.8) is 0 Å². The lowest BCUT2D eigenvalue weighted by Gasteiger charge is -2.15.